The molecular formula is C19H28N2O2. The van der Waals surface area contributed by atoms with Gasteiger partial charge in [0.25, 0.3) is 0 Å². The standard InChI is InChI=1S/C19H28N2O2/c1-18(2,3)23-17(22)21-11-9-19(10-12-21)14-20(4)13-15-7-5-6-8-16(15)19/h5-8H,9-14H2,1-4H3. The van der Waals surface area contributed by atoms with Gasteiger partial charge >= 0.3 is 6.09 Å². The Bertz CT molecular complexity index is 583. The highest BCUT2D eigenvalue weighted by molar-refractivity contribution is 5.68. The summed E-state index contributed by atoms with van der Waals surface area (Å²) in [4.78, 5) is 16.6. The van der Waals surface area contributed by atoms with Crippen LogP contribution in [0.25, 0.3) is 0 Å². The van der Waals surface area contributed by atoms with Gasteiger partial charge in [0.05, 0.1) is 0 Å². The Morgan fingerprint density at radius 2 is 1.83 bits per heavy atom. The fraction of sp³-hybridized carbons (Fsp3) is 0.632. The zero-order valence-electron chi connectivity index (χ0n) is 14.8. The van der Waals surface area contributed by atoms with E-state index in [0.717, 1.165) is 39.0 Å². The van der Waals surface area contributed by atoms with Crippen molar-refractivity contribution in [3.05, 3.63) is 35.4 Å². The predicted molar refractivity (Wildman–Crippen MR) is 91.5 cm³/mol. The highest BCUT2D eigenvalue weighted by atomic mass is 16.6. The number of carbonyl (C=O) groups is 1. The van der Waals surface area contributed by atoms with Gasteiger partial charge in [-0.3, -0.25) is 0 Å². The number of nitrogens with zero attached hydrogens (tertiary/aromatic N) is 2. The second-order valence-electron chi connectivity index (χ2n) is 8.08. The summed E-state index contributed by atoms with van der Waals surface area (Å²) in [6.07, 6.45) is 1.84. The molecule has 2 heterocycles. The Balaban J connectivity index is 1.74. The minimum absolute atomic E-state index is 0.176. The average Bonchev–Trinajstić information content (AvgIpc) is 2.46. The van der Waals surface area contributed by atoms with Crippen LogP contribution in [0.2, 0.25) is 0 Å². The molecule has 0 unspecified atom stereocenters. The van der Waals surface area contributed by atoms with Crippen LogP contribution in [0, 0.1) is 0 Å². The van der Waals surface area contributed by atoms with Gasteiger partial charge in [0.2, 0.25) is 0 Å². The number of rotatable bonds is 0. The number of likely N-dealkylation sites (tertiary alicyclic amines) is 1. The molecular weight excluding hydrogens is 288 g/mol. The van der Waals surface area contributed by atoms with E-state index in [2.05, 4.69) is 36.2 Å². The van der Waals surface area contributed by atoms with Crippen LogP contribution in [-0.2, 0) is 16.7 Å². The number of benzene rings is 1. The normalized spacial score (nSPS) is 21.1. The Hall–Kier alpha value is -1.55. The maximum atomic E-state index is 12.3. The number of ether oxygens (including phenoxy) is 1. The third-order valence-electron chi connectivity index (χ3n) is 4.97. The Labute approximate surface area is 139 Å². The van der Waals surface area contributed by atoms with E-state index in [1.54, 1.807) is 0 Å². The molecule has 0 atom stereocenters. The minimum Gasteiger partial charge on any atom is -0.444 e. The van der Waals surface area contributed by atoms with E-state index in [0.29, 0.717) is 0 Å². The first-order valence-electron chi connectivity index (χ1n) is 8.54. The van der Waals surface area contributed by atoms with Crippen LogP contribution in [0.4, 0.5) is 4.79 Å². The number of hydrogen-bond donors (Lipinski definition) is 0. The van der Waals surface area contributed by atoms with Crippen molar-refractivity contribution >= 4 is 6.09 Å². The van der Waals surface area contributed by atoms with Gasteiger partial charge < -0.3 is 14.5 Å². The Morgan fingerprint density at radius 3 is 2.48 bits per heavy atom. The number of amides is 1. The van der Waals surface area contributed by atoms with Crippen LogP contribution in [0.15, 0.2) is 24.3 Å². The molecule has 1 saturated heterocycles. The number of fused-ring (bicyclic) bond motifs is 2. The Morgan fingerprint density at radius 1 is 1.17 bits per heavy atom. The van der Waals surface area contributed by atoms with Crippen LogP contribution in [-0.4, -0.2) is 48.2 Å². The Kier molecular flexibility index (Phi) is 4.13. The molecule has 1 aromatic carbocycles. The summed E-state index contributed by atoms with van der Waals surface area (Å²) in [5.74, 6) is 0. The molecule has 1 aromatic rings. The highest BCUT2D eigenvalue weighted by Crippen LogP contribution is 2.41. The van der Waals surface area contributed by atoms with Crippen molar-refractivity contribution < 1.29 is 9.53 Å². The monoisotopic (exact) mass is 316 g/mol. The third-order valence-corrected chi connectivity index (χ3v) is 4.97. The zero-order valence-corrected chi connectivity index (χ0v) is 14.8. The van der Waals surface area contributed by atoms with Crippen molar-refractivity contribution in [2.24, 2.45) is 0 Å². The van der Waals surface area contributed by atoms with Gasteiger partial charge in [0, 0.05) is 31.6 Å². The smallest absolute Gasteiger partial charge is 0.410 e. The van der Waals surface area contributed by atoms with Gasteiger partial charge in [0.1, 0.15) is 5.60 Å². The van der Waals surface area contributed by atoms with Crippen molar-refractivity contribution in [2.45, 2.75) is 51.2 Å². The topological polar surface area (TPSA) is 32.8 Å². The molecule has 0 aromatic heterocycles. The van der Waals surface area contributed by atoms with Crippen molar-refractivity contribution in [3.8, 4) is 0 Å². The van der Waals surface area contributed by atoms with Crippen molar-refractivity contribution in [1.29, 1.82) is 0 Å². The fourth-order valence-corrected chi connectivity index (χ4v) is 4.00. The first-order chi connectivity index (χ1) is 10.8. The largest absolute Gasteiger partial charge is 0.444 e. The lowest BCUT2D eigenvalue weighted by molar-refractivity contribution is 0.0134. The fourth-order valence-electron chi connectivity index (χ4n) is 4.00. The van der Waals surface area contributed by atoms with Crippen LogP contribution in [0.3, 0.4) is 0 Å². The molecule has 1 fully saturated rings. The number of likely N-dealkylation sites (N-methyl/N-ethyl adjacent to an activating group) is 1. The molecule has 1 amide bonds. The first kappa shape index (κ1) is 16.3. The van der Waals surface area contributed by atoms with Crippen molar-refractivity contribution in [2.75, 3.05) is 26.7 Å². The highest BCUT2D eigenvalue weighted by Gasteiger charge is 2.42. The molecule has 0 bridgehead atoms. The van der Waals surface area contributed by atoms with E-state index in [1.165, 1.54) is 11.1 Å². The number of hydrogen-bond acceptors (Lipinski definition) is 3. The molecule has 0 saturated carbocycles. The molecule has 0 aliphatic carbocycles. The van der Waals surface area contributed by atoms with Gasteiger partial charge in [-0.15, -0.1) is 0 Å². The molecule has 1 spiro atoms. The second-order valence-corrected chi connectivity index (χ2v) is 8.08. The summed E-state index contributed by atoms with van der Waals surface area (Å²) < 4.78 is 5.52. The van der Waals surface area contributed by atoms with E-state index >= 15 is 0 Å². The van der Waals surface area contributed by atoms with Crippen LogP contribution in [0.5, 0.6) is 0 Å². The van der Waals surface area contributed by atoms with E-state index < -0.39 is 5.60 Å². The summed E-state index contributed by atoms with van der Waals surface area (Å²) in [5.41, 5.74) is 2.68. The van der Waals surface area contributed by atoms with Gasteiger partial charge in [-0.1, -0.05) is 24.3 Å². The summed E-state index contributed by atoms with van der Waals surface area (Å²) >= 11 is 0. The molecule has 0 radical (unpaired) electrons. The summed E-state index contributed by atoms with van der Waals surface area (Å²) in [5, 5.41) is 0. The quantitative estimate of drug-likeness (QED) is 0.735. The molecule has 2 aliphatic heterocycles. The SMILES string of the molecule is CN1Cc2ccccc2C2(CCN(C(=O)OC(C)(C)C)CC2)C1. The molecule has 23 heavy (non-hydrogen) atoms. The van der Waals surface area contributed by atoms with Gasteiger partial charge in [-0.05, 0) is 51.8 Å². The lowest BCUT2D eigenvalue weighted by Crippen LogP contribution is -2.52. The number of carbonyl (C=O) groups excluding carboxylic acids is 1. The summed E-state index contributed by atoms with van der Waals surface area (Å²) in [6.45, 7) is 9.40. The maximum absolute atomic E-state index is 12.3. The number of piperidine rings is 1. The molecule has 126 valence electrons. The summed E-state index contributed by atoms with van der Waals surface area (Å²) in [6, 6.07) is 8.80. The lowest BCUT2D eigenvalue weighted by Gasteiger charge is -2.48. The molecule has 0 N–H and O–H groups in total. The lowest BCUT2D eigenvalue weighted by atomic mass is 9.69. The van der Waals surface area contributed by atoms with Crippen LogP contribution < -0.4 is 0 Å². The van der Waals surface area contributed by atoms with Gasteiger partial charge in [0.15, 0.2) is 0 Å². The van der Waals surface area contributed by atoms with Crippen molar-refractivity contribution in [3.63, 3.8) is 0 Å². The maximum Gasteiger partial charge on any atom is 0.410 e. The molecule has 3 rings (SSSR count). The van der Waals surface area contributed by atoms with E-state index in [-0.39, 0.29) is 11.5 Å². The zero-order chi connectivity index (χ0) is 16.7. The van der Waals surface area contributed by atoms with Crippen LogP contribution >= 0.6 is 0 Å². The summed E-state index contributed by atoms with van der Waals surface area (Å²) in [7, 11) is 2.19. The molecule has 4 nitrogen and oxygen atoms in total. The van der Waals surface area contributed by atoms with Gasteiger partial charge in [-0.2, -0.15) is 0 Å². The van der Waals surface area contributed by atoms with E-state index in [9.17, 15) is 4.79 Å². The second kappa shape index (κ2) is 5.82. The minimum atomic E-state index is -0.427. The van der Waals surface area contributed by atoms with E-state index in [1.807, 2.05) is 25.7 Å². The molecule has 2 aliphatic rings. The van der Waals surface area contributed by atoms with Crippen molar-refractivity contribution in [1.82, 2.24) is 9.80 Å². The predicted octanol–water partition coefficient (Wildman–Crippen LogP) is 3.40. The third kappa shape index (κ3) is 3.37. The van der Waals surface area contributed by atoms with Gasteiger partial charge in [-0.25, -0.2) is 4.79 Å². The molecule has 4 heteroatoms. The van der Waals surface area contributed by atoms with Crippen LogP contribution in [0.1, 0.15) is 44.7 Å². The average molecular weight is 316 g/mol. The van der Waals surface area contributed by atoms with E-state index in [4.69, 9.17) is 4.74 Å². The first-order valence-corrected chi connectivity index (χ1v) is 8.54.